The lowest BCUT2D eigenvalue weighted by Crippen LogP contribution is -2.43. The number of hydrogen-bond donors (Lipinski definition) is 1. The highest BCUT2D eigenvalue weighted by Crippen LogP contribution is 2.49. The maximum Gasteiger partial charge on any atom is 0.233 e. The minimum Gasteiger partial charge on any atom is -0.352 e. The first-order valence-electron chi connectivity index (χ1n) is 11.0. The summed E-state index contributed by atoms with van der Waals surface area (Å²) in [5.41, 5.74) is 2.20. The Kier molecular flexibility index (Phi) is 6.32. The second-order valence-corrected chi connectivity index (χ2v) is 10.3. The molecule has 6 heteroatoms. The molecule has 2 aliphatic carbocycles. The van der Waals surface area contributed by atoms with E-state index in [9.17, 15) is 4.79 Å². The van der Waals surface area contributed by atoms with Crippen molar-refractivity contribution in [3.8, 4) is 11.4 Å². The second-order valence-electron chi connectivity index (χ2n) is 8.97. The van der Waals surface area contributed by atoms with Crippen LogP contribution in [-0.4, -0.2) is 32.0 Å². The number of aryl methyl sites for hydroxylation is 1. The number of allylic oxidation sites excluding steroid dienone is 1. The molecule has 0 radical (unpaired) electrons. The predicted octanol–water partition coefficient (Wildman–Crippen LogP) is 4.86. The molecule has 0 saturated heterocycles. The molecular weight excluding hydrogens is 392 g/mol. The van der Waals surface area contributed by atoms with Gasteiger partial charge in [0.1, 0.15) is 0 Å². The number of carbonyl (C=O) groups is 1. The molecule has 0 aliphatic heterocycles. The second kappa shape index (κ2) is 8.96. The van der Waals surface area contributed by atoms with Gasteiger partial charge in [-0.1, -0.05) is 48.0 Å². The summed E-state index contributed by atoms with van der Waals surface area (Å²) in [6, 6.07) is 8.47. The van der Waals surface area contributed by atoms with E-state index in [0.29, 0.717) is 12.5 Å². The van der Waals surface area contributed by atoms with Gasteiger partial charge in [-0.05, 0) is 63.9 Å². The van der Waals surface area contributed by atoms with Crippen LogP contribution in [0, 0.1) is 24.7 Å². The van der Waals surface area contributed by atoms with Gasteiger partial charge in [0.25, 0.3) is 0 Å². The standard InChI is InChI=1S/C24H32N4OS/c1-5-11-28-22(20-8-6-7-15(2)12-20)26-27-24(28)30-17(4)23(29)25-16(3)21-14-18-9-10-19(21)13-18/h5-8,12,16-19,21H,1,9-11,13-14H2,2-4H3,(H,25,29). The van der Waals surface area contributed by atoms with E-state index in [1.54, 1.807) is 0 Å². The van der Waals surface area contributed by atoms with E-state index in [4.69, 9.17) is 0 Å². The molecule has 2 fully saturated rings. The molecule has 5 atom stereocenters. The molecule has 0 spiro atoms. The third-order valence-corrected chi connectivity index (χ3v) is 7.84. The number of aromatic nitrogens is 3. The minimum atomic E-state index is -0.232. The van der Waals surface area contributed by atoms with Crippen LogP contribution in [0.2, 0.25) is 0 Å². The normalized spacial score (nSPS) is 24.6. The zero-order chi connectivity index (χ0) is 21.3. The van der Waals surface area contributed by atoms with Crippen LogP contribution < -0.4 is 5.32 Å². The monoisotopic (exact) mass is 424 g/mol. The lowest BCUT2D eigenvalue weighted by Gasteiger charge is -2.29. The van der Waals surface area contributed by atoms with Crippen LogP contribution in [0.3, 0.4) is 0 Å². The zero-order valence-corrected chi connectivity index (χ0v) is 19.0. The molecular formula is C24H32N4OS. The number of hydrogen-bond acceptors (Lipinski definition) is 4. The van der Waals surface area contributed by atoms with E-state index >= 15 is 0 Å². The summed E-state index contributed by atoms with van der Waals surface area (Å²) < 4.78 is 2.04. The number of amides is 1. The van der Waals surface area contributed by atoms with Gasteiger partial charge in [0, 0.05) is 18.2 Å². The fraction of sp³-hybridized carbons (Fsp3) is 0.542. The molecule has 2 aromatic rings. The van der Waals surface area contributed by atoms with Crippen molar-refractivity contribution in [1.29, 1.82) is 0 Å². The third-order valence-electron chi connectivity index (χ3n) is 6.76. The minimum absolute atomic E-state index is 0.0838. The summed E-state index contributed by atoms with van der Waals surface area (Å²) >= 11 is 1.47. The van der Waals surface area contributed by atoms with Crippen molar-refractivity contribution in [3.05, 3.63) is 42.5 Å². The molecule has 30 heavy (non-hydrogen) atoms. The average molecular weight is 425 g/mol. The van der Waals surface area contributed by atoms with Gasteiger partial charge in [-0.2, -0.15) is 0 Å². The Morgan fingerprint density at radius 3 is 2.83 bits per heavy atom. The number of carbonyl (C=O) groups excluding carboxylic acids is 1. The molecule has 1 heterocycles. The molecule has 2 saturated carbocycles. The first-order chi connectivity index (χ1) is 14.5. The topological polar surface area (TPSA) is 59.8 Å². The lowest BCUT2D eigenvalue weighted by atomic mass is 9.84. The third kappa shape index (κ3) is 4.34. The van der Waals surface area contributed by atoms with Gasteiger partial charge in [0.05, 0.1) is 5.25 Å². The molecule has 1 amide bonds. The Morgan fingerprint density at radius 1 is 1.33 bits per heavy atom. The first kappa shape index (κ1) is 21.2. The molecule has 160 valence electrons. The Morgan fingerprint density at radius 2 is 2.17 bits per heavy atom. The zero-order valence-electron chi connectivity index (χ0n) is 18.2. The molecule has 2 bridgehead atoms. The Balaban J connectivity index is 1.44. The molecule has 5 nitrogen and oxygen atoms in total. The predicted molar refractivity (Wildman–Crippen MR) is 122 cm³/mol. The van der Waals surface area contributed by atoms with Gasteiger partial charge >= 0.3 is 0 Å². The quantitative estimate of drug-likeness (QED) is 0.486. The van der Waals surface area contributed by atoms with E-state index in [0.717, 1.165) is 28.4 Å². The maximum atomic E-state index is 12.9. The van der Waals surface area contributed by atoms with E-state index in [1.807, 2.05) is 29.7 Å². The summed E-state index contributed by atoms with van der Waals surface area (Å²) in [7, 11) is 0. The maximum absolute atomic E-state index is 12.9. The highest BCUT2D eigenvalue weighted by Gasteiger charge is 2.42. The Hall–Kier alpha value is -2.08. The fourth-order valence-corrected chi connectivity index (χ4v) is 6.10. The van der Waals surface area contributed by atoms with Crippen LogP contribution >= 0.6 is 11.8 Å². The summed E-state index contributed by atoms with van der Waals surface area (Å²) in [4.78, 5) is 12.9. The van der Waals surface area contributed by atoms with Crippen LogP contribution in [0.5, 0.6) is 0 Å². The van der Waals surface area contributed by atoms with Crippen molar-refractivity contribution in [2.24, 2.45) is 17.8 Å². The van der Waals surface area contributed by atoms with Crippen molar-refractivity contribution >= 4 is 17.7 Å². The number of benzene rings is 1. The average Bonchev–Trinajstić information content (AvgIpc) is 3.45. The van der Waals surface area contributed by atoms with Crippen molar-refractivity contribution < 1.29 is 4.79 Å². The molecule has 1 aromatic carbocycles. The smallest absolute Gasteiger partial charge is 0.233 e. The summed E-state index contributed by atoms with van der Waals surface area (Å²) in [6.45, 7) is 10.7. The number of nitrogens with one attached hydrogen (secondary N) is 1. The highest BCUT2D eigenvalue weighted by molar-refractivity contribution is 8.00. The molecule has 5 unspecified atom stereocenters. The van der Waals surface area contributed by atoms with E-state index in [-0.39, 0.29) is 17.2 Å². The molecule has 1 N–H and O–H groups in total. The molecule has 1 aromatic heterocycles. The van der Waals surface area contributed by atoms with Gasteiger partial charge in [0.2, 0.25) is 5.91 Å². The Labute approximate surface area is 183 Å². The highest BCUT2D eigenvalue weighted by atomic mass is 32.2. The SMILES string of the molecule is C=CCn1c(SC(C)C(=O)NC(C)C2CC3CCC2C3)nnc1-c1cccc(C)c1. The molecule has 2 aliphatic rings. The van der Waals surface area contributed by atoms with Gasteiger partial charge in [-0.15, -0.1) is 16.8 Å². The van der Waals surface area contributed by atoms with Crippen LogP contribution in [0.4, 0.5) is 0 Å². The number of thioether (sulfide) groups is 1. The van der Waals surface area contributed by atoms with Crippen molar-refractivity contribution in [1.82, 2.24) is 20.1 Å². The van der Waals surface area contributed by atoms with Gasteiger partial charge in [0.15, 0.2) is 11.0 Å². The van der Waals surface area contributed by atoms with E-state index in [2.05, 4.69) is 48.1 Å². The van der Waals surface area contributed by atoms with Gasteiger partial charge in [-0.25, -0.2) is 0 Å². The van der Waals surface area contributed by atoms with Crippen molar-refractivity contribution in [3.63, 3.8) is 0 Å². The van der Waals surface area contributed by atoms with Crippen molar-refractivity contribution in [2.75, 3.05) is 0 Å². The Bertz CT molecular complexity index is 924. The largest absolute Gasteiger partial charge is 0.352 e. The number of rotatable bonds is 8. The summed E-state index contributed by atoms with van der Waals surface area (Å²) in [5.74, 6) is 3.23. The van der Waals surface area contributed by atoms with Crippen LogP contribution in [0.1, 0.15) is 45.1 Å². The molecule has 4 rings (SSSR count). The van der Waals surface area contributed by atoms with Crippen LogP contribution in [-0.2, 0) is 11.3 Å². The fourth-order valence-electron chi connectivity index (χ4n) is 5.23. The number of fused-ring (bicyclic) bond motifs is 2. The van der Waals surface area contributed by atoms with E-state index in [1.165, 1.54) is 43.0 Å². The van der Waals surface area contributed by atoms with Crippen molar-refractivity contribution in [2.45, 2.75) is 69.4 Å². The summed E-state index contributed by atoms with van der Waals surface area (Å²) in [6.07, 6.45) is 7.21. The van der Waals surface area contributed by atoms with Gasteiger partial charge < -0.3 is 5.32 Å². The van der Waals surface area contributed by atoms with Crippen LogP contribution in [0.15, 0.2) is 42.1 Å². The van der Waals surface area contributed by atoms with E-state index < -0.39 is 0 Å². The number of nitrogens with zero attached hydrogens (tertiary/aromatic N) is 3. The lowest BCUT2D eigenvalue weighted by molar-refractivity contribution is -0.121. The van der Waals surface area contributed by atoms with Gasteiger partial charge in [-0.3, -0.25) is 9.36 Å². The summed E-state index contributed by atoms with van der Waals surface area (Å²) in [5, 5.41) is 12.6. The first-order valence-corrected chi connectivity index (χ1v) is 11.9. The van der Waals surface area contributed by atoms with Crippen LogP contribution in [0.25, 0.3) is 11.4 Å².